The quantitative estimate of drug-likeness (QED) is 0.823. The number of nitrogens with one attached hydrogen (secondary N) is 1. The third-order valence-electron chi connectivity index (χ3n) is 5.75. The standard InChI is InChI=1S/C23H21F2NO4/c1-29-20-6-3-12(9-21(20)30-2)13-7-18-23(19(27)8-13)16(11-22(28)26-18)15-5-4-14(24)10-17(15)25/h3-6,9-10,13,16H,7-8,11H2,1-2H3,(H,26,28)/t13-,16-/m1/s1. The largest absolute Gasteiger partial charge is 0.493 e. The second kappa shape index (κ2) is 7.89. The highest BCUT2D eigenvalue weighted by atomic mass is 19.1. The van der Waals surface area contributed by atoms with Crippen LogP contribution in [0.25, 0.3) is 0 Å². The van der Waals surface area contributed by atoms with E-state index < -0.39 is 17.6 Å². The van der Waals surface area contributed by atoms with Crippen molar-refractivity contribution < 1.29 is 27.8 Å². The van der Waals surface area contributed by atoms with Gasteiger partial charge in [-0.2, -0.15) is 0 Å². The van der Waals surface area contributed by atoms with Gasteiger partial charge in [0.15, 0.2) is 17.3 Å². The molecule has 0 unspecified atom stereocenters. The lowest BCUT2D eigenvalue weighted by molar-refractivity contribution is -0.122. The third kappa shape index (κ3) is 3.56. The number of hydrogen-bond acceptors (Lipinski definition) is 4. The van der Waals surface area contributed by atoms with E-state index in [0.717, 1.165) is 17.7 Å². The average molecular weight is 413 g/mol. The van der Waals surface area contributed by atoms with E-state index >= 15 is 0 Å². The van der Waals surface area contributed by atoms with E-state index in [2.05, 4.69) is 5.32 Å². The number of allylic oxidation sites excluding steroid dienone is 2. The van der Waals surface area contributed by atoms with Crippen LogP contribution in [0.15, 0.2) is 47.7 Å². The van der Waals surface area contributed by atoms with Crippen molar-refractivity contribution in [3.63, 3.8) is 0 Å². The zero-order chi connectivity index (χ0) is 21.4. The second-order valence-electron chi connectivity index (χ2n) is 7.51. The van der Waals surface area contributed by atoms with E-state index in [9.17, 15) is 18.4 Å². The Hall–Kier alpha value is -3.22. The Kier molecular flexibility index (Phi) is 5.28. The number of carbonyl (C=O) groups is 2. The molecule has 4 rings (SSSR count). The van der Waals surface area contributed by atoms with Crippen LogP contribution in [0.5, 0.6) is 11.5 Å². The van der Waals surface area contributed by atoms with Gasteiger partial charge < -0.3 is 14.8 Å². The molecule has 1 heterocycles. The number of benzene rings is 2. The smallest absolute Gasteiger partial charge is 0.225 e. The number of methoxy groups -OCH3 is 2. The molecule has 0 aromatic heterocycles. The topological polar surface area (TPSA) is 64.6 Å². The fraction of sp³-hybridized carbons (Fsp3) is 0.304. The summed E-state index contributed by atoms with van der Waals surface area (Å²) < 4.78 is 38.4. The maximum atomic E-state index is 14.4. The van der Waals surface area contributed by atoms with Gasteiger partial charge in [0, 0.05) is 36.1 Å². The minimum absolute atomic E-state index is 0.0475. The highest BCUT2D eigenvalue weighted by molar-refractivity contribution is 6.02. The molecule has 156 valence electrons. The normalized spacial score (nSPS) is 21.2. The number of halogens is 2. The van der Waals surface area contributed by atoms with E-state index in [1.165, 1.54) is 13.2 Å². The first-order valence-electron chi connectivity index (χ1n) is 9.64. The molecule has 2 aromatic carbocycles. The fourth-order valence-corrected chi connectivity index (χ4v) is 4.35. The van der Waals surface area contributed by atoms with Gasteiger partial charge in [-0.05, 0) is 41.7 Å². The first-order valence-corrected chi connectivity index (χ1v) is 9.64. The van der Waals surface area contributed by atoms with Gasteiger partial charge in [0.1, 0.15) is 11.6 Å². The highest BCUT2D eigenvalue weighted by Crippen LogP contribution is 2.44. The van der Waals surface area contributed by atoms with Crippen molar-refractivity contribution in [2.24, 2.45) is 0 Å². The molecule has 0 bridgehead atoms. The lowest BCUT2D eigenvalue weighted by Gasteiger charge is -2.34. The van der Waals surface area contributed by atoms with Gasteiger partial charge in [0.05, 0.1) is 14.2 Å². The van der Waals surface area contributed by atoms with Crippen LogP contribution in [-0.4, -0.2) is 25.9 Å². The van der Waals surface area contributed by atoms with Crippen molar-refractivity contribution in [3.8, 4) is 11.5 Å². The van der Waals surface area contributed by atoms with Crippen LogP contribution in [0.1, 0.15) is 42.2 Å². The minimum atomic E-state index is -0.753. The molecule has 0 radical (unpaired) electrons. The van der Waals surface area contributed by atoms with Crippen LogP contribution in [0.2, 0.25) is 0 Å². The average Bonchev–Trinajstić information content (AvgIpc) is 2.72. The van der Waals surface area contributed by atoms with Gasteiger partial charge in [-0.1, -0.05) is 12.1 Å². The summed E-state index contributed by atoms with van der Waals surface area (Å²) >= 11 is 0. The number of rotatable bonds is 4. The number of hydrogen-bond donors (Lipinski definition) is 1. The monoisotopic (exact) mass is 413 g/mol. The molecule has 0 spiro atoms. The molecule has 2 aromatic rings. The first-order chi connectivity index (χ1) is 14.4. The van der Waals surface area contributed by atoms with E-state index in [-0.39, 0.29) is 36.0 Å². The van der Waals surface area contributed by atoms with Crippen molar-refractivity contribution in [1.29, 1.82) is 0 Å². The highest BCUT2D eigenvalue weighted by Gasteiger charge is 2.39. The predicted octanol–water partition coefficient (Wildman–Crippen LogP) is 3.99. The van der Waals surface area contributed by atoms with Crippen LogP contribution in [0, 0.1) is 11.6 Å². The van der Waals surface area contributed by atoms with Gasteiger partial charge in [0.2, 0.25) is 5.91 Å². The number of amides is 1. The molecule has 0 fully saturated rings. The Bertz CT molecular complexity index is 1060. The summed E-state index contributed by atoms with van der Waals surface area (Å²) in [5, 5.41) is 2.80. The number of ether oxygens (including phenoxy) is 2. The Morgan fingerprint density at radius 1 is 0.933 bits per heavy atom. The SMILES string of the molecule is COc1ccc([C@H]2CC(=O)C3=C(C2)NC(=O)C[C@@H]3c2ccc(F)cc2F)cc1OC. The molecular weight excluding hydrogens is 392 g/mol. The second-order valence-corrected chi connectivity index (χ2v) is 7.51. The summed E-state index contributed by atoms with van der Waals surface area (Å²) in [5.41, 5.74) is 1.97. The third-order valence-corrected chi connectivity index (χ3v) is 5.75. The maximum absolute atomic E-state index is 14.4. The zero-order valence-corrected chi connectivity index (χ0v) is 16.6. The van der Waals surface area contributed by atoms with Crippen LogP contribution < -0.4 is 14.8 Å². The van der Waals surface area contributed by atoms with Gasteiger partial charge in [-0.3, -0.25) is 9.59 Å². The lowest BCUT2D eigenvalue weighted by atomic mass is 9.73. The predicted molar refractivity (Wildman–Crippen MR) is 105 cm³/mol. The molecule has 2 aliphatic rings. The molecule has 5 nitrogen and oxygen atoms in total. The molecule has 0 saturated heterocycles. The van der Waals surface area contributed by atoms with E-state index in [0.29, 0.717) is 29.2 Å². The Balaban J connectivity index is 1.71. The van der Waals surface area contributed by atoms with Gasteiger partial charge in [-0.25, -0.2) is 8.78 Å². The maximum Gasteiger partial charge on any atom is 0.225 e. The van der Waals surface area contributed by atoms with Crippen molar-refractivity contribution in [3.05, 3.63) is 70.4 Å². The minimum Gasteiger partial charge on any atom is -0.493 e. The van der Waals surface area contributed by atoms with E-state index in [1.807, 2.05) is 12.1 Å². The van der Waals surface area contributed by atoms with Crippen LogP contribution in [0.3, 0.4) is 0 Å². The molecule has 2 atom stereocenters. The first kappa shape index (κ1) is 20.1. The summed E-state index contributed by atoms with van der Waals surface area (Å²) in [5.74, 6) is -1.62. The van der Waals surface area contributed by atoms with Gasteiger partial charge in [0.25, 0.3) is 0 Å². The number of carbonyl (C=O) groups excluding carboxylic acids is 2. The lowest BCUT2D eigenvalue weighted by Crippen LogP contribution is -2.38. The summed E-state index contributed by atoms with van der Waals surface area (Å²) in [6.45, 7) is 0. The molecule has 1 N–H and O–H groups in total. The van der Waals surface area contributed by atoms with Crippen LogP contribution >= 0.6 is 0 Å². The molecular formula is C23H21F2NO4. The Morgan fingerprint density at radius 3 is 2.40 bits per heavy atom. The van der Waals surface area contributed by atoms with Gasteiger partial charge >= 0.3 is 0 Å². The summed E-state index contributed by atoms with van der Waals surface area (Å²) in [6, 6.07) is 8.70. The molecule has 1 aliphatic heterocycles. The molecule has 7 heteroatoms. The van der Waals surface area contributed by atoms with E-state index in [1.54, 1.807) is 13.2 Å². The van der Waals surface area contributed by atoms with Gasteiger partial charge in [-0.15, -0.1) is 0 Å². The zero-order valence-electron chi connectivity index (χ0n) is 16.6. The number of Topliss-reactive ketones (excluding diaryl/α,β-unsaturated/α-hetero) is 1. The van der Waals surface area contributed by atoms with Crippen molar-refractivity contribution in [2.75, 3.05) is 14.2 Å². The van der Waals surface area contributed by atoms with Crippen molar-refractivity contribution in [2.45, 2.75) is 31.1 Å². The van der Waals surface area contributed by atoms with E-state index in [4.69, 9.17) is 9.47 Å². The molecule has 30 heavy (non-hydrogen) atoms. The Morgan fingerprint density at radius 2 is 1.70 bits per heavy atom. The summed E-state index contributed by atoms with van der Waals surface area (Å²) in [7, 11) is 3.09. The van der Waals surface area contributed by atoms with Crippen molar-refractivity contribution >= 4 is 11.7 Å². The van der Waals surface area contributed by atoms with Crippen molar-refractivity contribution in [1.82, 2.24) is 5.32 Å². The summed E-state index contributed by atoms with van der Waals surface area (Å²) in [4.78, 5) is 25.4. The Labute approximate surface area is 172 Å². The number of ketones is 1. The van der Waals surface area contributed by atoms with Crippen LogP contribution in [-0.2, 0) is 9.59 Å². The fourth-order valence-electron chi connectivity index (χ4n) is 4.35. The summed E-state index contributed by atoms with van der Waals surface area (Å²) in [6.07, 6.45) is 0.610. The van der Waals surface area contributed by atoms with Crippen LogP contribution in [0.4, 0.5) is 8.78 Å². The molecule has 0 saturated carbocycles. The molecule has 1 amide bonds. The molecule has 1 aliphatic carbocycles.